The third kappa shape index (κ3) is 1.74. The molecule has 3 heteroatoms. The summed E-state index contributed by atoms with van der Waals surface area (Å²) in [6.45, 7) is 4.71. The minimum atomic E-state index is 0.0726. The minimum absolute atomic E-state index is 0.0726. The molecule has 1 aliphatic heterocycles. The average molecular weight is 301 g/mol. The summed E-state index contributed by atoms with van der Waals surface area (Å²) in [5.74, 6) is 2.43. The van der Waals surface area contributed by atoms with Gasteiger partial charge in [0.25, 0.3) is 0 Å². The molecule has 0 aromatic carbocycles. The molecule has 4 aliphatic rings. The van der Waals surface area contributed by atoms with Crippen molar-refractivity contribution in [3.8, 4) is 0 Å². The second-order valence-electron chi connectivity index (χ2n) is 8.58. The van der Waals surface area contributed by atoms with Gasteiger partial charge < -0.3 is 10.1 Å². The van der Waals surface area contributed by atoms with E-state index in [1.807, 2.05) is 0 Å². The van der Waals surface area contributed by atoms with Crippen LogP contribution in [0.2, 0.25) is 0 Å². The van der Waals surface area contributed by atoms with Crippen LogP contribution in [0.4, 0.5) is 0 Å². The first-order valence-electron chi connectivity index (χ1n) is 8.94. The Morgan fingerprint density at radius 2 is 1.95 bits per heavy atom. The number of carbonyl (C=O) groups excluding carboxylic acids is 2. The fraction of sp³-hybridized carbons (Fsp3) is 0.789. The van der Waals surface area contributed by atoms with Crippen molar-refractivity contribution in [2.75, 3.05) is 0 Å². The number of carbonyl (C=O) groups is 2. The monoisotopic (exact) mass is 301 g/mol. The molecule has 0 aromatic rings. The van der Waals surface area contributed by atoms with Crippen molar-refractivity contribution in [1.29, 1.82) is 0 Å². The number of fused-ring (bicyclic) bond motifs is 5. The van der Waals surface area contributed by atoms with Crippen LogP contribution < -0.4 is 5.32 Å². The van der Waals surface area contributed by atoms with Gasteiger partial charge in [0.1, 0.15) is 6.29 Å². The standard InChI is InChI=1S/C19H27NO2/c1-18-9-7-15-13(14(18)5-3-12(18)11-21)4-6-16-19(15,2)10-8-17(22)20-16/h8,10-16H,3-7,9H2,1-2H3,(H,20,22)/t12?,13-,14-,15-,16+,18+,19+/m0/s1. The first-order chi connectivity index (χ1) is 10.5. The van der Waals surface area contributed by atoms with Crippen LogP contribution in [0.3, 0.4) is 0 Å². The molecule has 3 fully saturated rings. The maximum absolute atomic E-state index is 11.7. The molecule has 1 amide bonds. The topological polar surface area (TPSA) is 46.2 Å². The number of nitrogens with one attached hydrogen (secondary N) is 1. The Balaban J connectivity index is 1.67. The van der Waals surface area contributed by atoms with E-state index >= 15 is 0 Å². The van der Waals surface area contributed by atoms with Gasteiger partial charge >= 0.3 is 0 Å². The maximum Gasteiger partial charge on any atom is 0.243 e. The number of hydrogen-bond donors (Lipinski definition) is 1. The average Bonchev–Trinajstić information content (AvgIpc) is 2.84. The van der Waals surface area contributed by atoms with Crippen LogP contribution in [0.5, 0.6) is 0 Å². The van der Waals surface area contributed by atoms with Crippen molar-refractivity contribution >= 4 is 12.2 Å². The summed E-state index contributed by atoms with van der Waals surface area (Å²) in [7, 11) is 0. The fourth-order valence-electron chi connectivity index (χ4n) is 6.60. The van der Waals surface area contributed by atoms with Gasteiger partial charge in [-0.2, -0.15) is 0 Å². The summed E-state index contributed by atoms with van der Waals surface area (Å²) in [4.78, 5) is 23.2. The van der Waals surface area contributed by atoms with Gasteiger partial charge in [-0.25, -0.2) is 0 Å². The molecule has 1 N–H and O–H groups in total. The number of amides is 1. The van der Waals surface area contributed by atoms with Gasteiger partial charge in [-0.05, 0) is 67.8 Å². The fourth-order valence-corrected chi connectivity index (χ4v) is 6.60. The number of rotatable bonds is 1. The van der Waals surface area contributed by atoms with E-state index in [-0.39, 0.29) is 22.7 Å². The molecule has 120 valence electrons. The second-order valence-corrected chi connectivity index (χ2v) is 8.58. The van der Waals surface area contributed by atoms with Crippen molar-refractivity contribution in [2.45, 2.75) is 58.4 Å². The molecule has 0 bridgehead atoms. The lowest BCUT2D eigenvalue weighted by Gasteiger charge is -2.58. The van der Waals surface area contributed by atoms with Crippen LogP contribution in [0.15, 0.2) is 12.2 Å². The zero-order chi connectivity index (χ0) is 15.5. The molecule has 0 saturated heterocycles. The highest BCUT2D eigenvalue weighted by Gasteiger charge is 2.59. The molecular formula is C19H27NO2. The van der Waals surface area contributed by atoms with E-state index in [1.165, 1.54) is 32.0 Å². The zero-order valence-electron chi connectivity index (χ0n) is 13.7. The summed E-state index contributed by atoms with van der Waals surface area (Å²) in [6.07, 6.45) is 12.2. The van der Waals surface area contributed by atoms with Gasteiger partial charge in [-0.3, -0.25) is 4.79 Å². The lowest BCUT2D eigenvalue weighted by molar-refractivity contribution is -0.125. The van der Waals surface area contributed by atoms with E-state index in [1.54, 1.807) is 6.08 Å². The number of aldehydes is 1. The normalized spacial score (nSPS) is 53.2. The van der Waals surface area contributed by atoms with Crippen LogP contribution in [-0.2, 0) is 9.59 Å². The molecule has 3 nitrogen and oxygen atoms in total. The molecule has 22 heavy (non-hydrogen) atoms. The summed E-state index contributed by atoms with van der Waals surface area (Å²) in [6, 6.07) is 0.305. The lowest BCUT2D eigenvalue weighted by Crippen LogP contribution is -2.59. The molecule has 3 aliphatic carbocycles. The Morgan fingerprint density at radius 1 is 1.14 bits per heavy atom. The van der Waals surface area contributed by atoms with E-state index in [0.717, 1.165) is 18.8 Å². The number of hydrogen-bond acceptors (Lipinski definition) is 2. The minimum Gasteiger partial charge on any atom is -0.349 e. The first kappa shape index (κ1) is 14.5. The Morgan fingerprint density at radius 3 is 2.73 bits per heavy atom. The highest BCUT2D eigenvalue weighted by molar-refractivity contribution is 5.89. The van der Waals surface area contributed by atoms with Crippen LogP contribution >= 0.6 is 0 Å². The van der Waals surface area contributed by atoms with Gasteiger partial charge in [0, 0.05) is 17.4 Å². The van der Waals surface area contributed by atoms with Gasteiger partial charge in [0.2, 0.25) is 5.91 Å². The van der Waals surface area contributed by atoms with Gasteiger partial charge in [-0.15, -0.1) is 0 Å². The first-order valence-corrected chi connectivity index (χ1v) is 8.94. The van der Waals surface area contributed by atoms with Crippen molar-refractivity contribution < 1.29 is 9.59 Å². The Labute approximate surface area is 132 Å². The van der Waals surface area contributed by atoms with Gasteiger partial charge in [0.15, 0.2) is 0 Å². The van der Waals surface area contributed by atoms with Crippen LogP contribution in [0.1, 0.15) is 52.4 Å². The van der Waals surface area contributed by atoms with Gasteiger partial charge in [0.05, 0.1) is 0 Å². The Hall–Kier alpha value is -1.12. The molecule has 0 radical (unpaired) electrons. The smallest absolute Gasteiger partial charge is 0.243 e. The quantitative estimate of drug-likeness (QED) is 0.757. The molecule has 0 spiro atoms. The van der Waals surface area contributed by atoms with E-state index in [4.69, 9.17) is 0 Å². The predicted molar refractivity (Wildman–Crippen MR) is 85.0 cm³/mol. The summed E-state index contributed by atoms with van der Waals surface area (Å²) < 4.78 is 0. The molecular weight excluding hydrogens is 274 g/mol. The predicted octanol–water partition coefficient (Wildman–Crippen LogP) is 3.10. The zero-order valence-corrected chi connectivity index (χ0v) is 13.7. The Bertz CT molecular complexity index is 542. The van der Waals surface area contributed by atoms with Crippen LogP contribution in [0, 0.1) is 34.5 Å². The van der Waals surface area contributed by atoms with Crippen molar-refractivity contribution in [1.82, 2.24) is 5.32 Å². The highest BCUT2D eigenvalue weighted by Crippen LogP contribution is 2.64. The molecule has 1 heterocycles. The summed E-state index contributed by atoms with van der Waals surface area (Å²) >= 11 is 0. The van der Waals surface area contributed by atoms with E-state index in [9.17, 15) is 9.59 Å². The molecule has 3 saturated carbocycles. The largest absolute Gasteiger partial charge is 0.349 e. The summed E-state index contributed by atoms with van der Waals surface area (Å²) in [5, 5.41) is 3.20. The van der Waals surface area contributed by atoms with Crippen LogP contribution in [-0.4, -0.2) is 18.2 Å². The molecule has 4 rings (SSSR count). The molecule has 0 aromatic heterocycles. The van der Waals surface area contributed by atoms with E-state index in [2.05, 4.69) is 25.2 Å². The van der Waals surface area contributed by atoms with Crippen molar-refractivity contribution in [3.63, 3.8) is 0 Å². The lowest BCUT2D eigenvalue weighted by atomic mass is 9.48. The third-order valence-corrected chi connectivity index (χ3v) is 7.92. The van der Waals surface area contributed by atoms with E-state index in [0.29, 0.717) is 17.9 Å². The van der Waals surface area contributed by atoms with Crippen molar-refractivity contribution in [2.24, 2.45) is 34.5 Å². The second kappa shape index (κ2) is 4.69. The Kier molecular flexibility index (Phi) is 3.08. The molecule has 1 unspecified atom stereocenters. The maximum atomic E-state index is 11.7. The van der Waals surface area contributed by atoms with Crippen molar-refractivity contribution in [3.05, 3.63) is 12.2 Å². The SMILES string of the molecule is C[C@]12C=CC(=O)N[C@@H]1CC[C@@H]1[C@@H]2CC[C@]2(C)C(C=O)CC[C@@H]12. The van der Waals surface area contributed by atoms with Crippen LogP contribution in [0.25, 0.3) is 0 Å². The summed E-state index contributed by atoms with van der Waals surface area (Å²) in [5.41, 5.74) is 0.338. The highest BCUT2D eigenvalue weighted by atomic mass is 16.1. The molecule has 7 atom stereocenters. The third-order valence-electron chi connectivity index (χ3n) is 7.92. The van der Waals surface area contributed by atoms with Gasteiger partial charge in [-0.1, -0.05) is 19.9 Å². The van der Waals surface area contributed by atoms with E-state index < -0.39 is 0 Å².